The minimum atomic E-state index is -1.18. The quantitative estimate of drug-likeness (QED) is 0.651. The van der Waals surface area contributed by atoms with Gasteiger partial charge < -0.3 is 0 Å². The predicted octanol–water partition coefficient (Wildman–Crippen LogP) is 4.97. The maximum absolute atomic E-state index is 2.51. The van der Waals surface area contributed by atoms with Crippen LogP contribution in [-0.4, -0.2) is 8.07 Å². The van der Waals surface area contributed by atoms with Crippen molar-refractivity contribution in [3.05, 3.63) is 28.1 Å². The standard InChI is InChI=1S/C15H20S2Si/c1-9-7-10-13(16-9)14-11(15(10,2)3)8-12(17-14)18(4,5)6/h7-8H,1-6H3. The zero-order valence-corrected chi connectivity index (χ0v) is 14.6. The van der Waals surface area contributed by atoms with Crippen LogP contribution in [0.5, 0.6) is 0 Å². The minimum Gasteiger partial charge on any atom is -0.144 e. The summed E-state index contributed by atoms with van der Waals surface area (Å²) in [6.07, 6.45) is 0. The Morgan fingerprint density at radius 2 is 1.50 bits per heavy atom. The fourth-order valence-corrected chi connectivity index (χ4v) is 7.19. The predicted molar refractivity (Wildman–Crippen MR) is 87.5 cm³/mol. The van der Waals surface area contributed by atoms with Gasteiger partial charge in [0.2, 0.25) is 0 Å². The smallest absolute Gasteiger partial charge is 0.0904 e. The Labute approximate surface area is 119 Å². The van der Waals surface area contributed by atoms with Crippen LogP contribution in [0.2, 0.25) is 19.6 Å². The molecule has 0 fully saturated rings. The molecule has 2 aromatic rings. The molecule has 0 spiro atoms. The Bertz CT molecular complexity index is 623. The molecule has 0 N–H and O–H groups in total. The van der Waals surface area contributed by atoms with Crippen molar-refractivity contribution < 1.29 is 0 Å². The summed E-state index contributed by atoms with van der Waals surface area (Å²) >= 11 is 4.03. The number of fused-ring (bicyclic) bond motifs is 3. The first-order valence-electron chi connectivity index (χ1n) is 6.47. The first kappa shape index (κ1) is 12.6. The molecule has 1 aliphatic carbocycles. The highest BCUT2D eigenvalue weighted by atomic mass is 32.1. The first-order chi connectivity index (χ1) is 8.21. The summed E-state index contributed by atoms with van der Waals surface area (Å²) in [5.41, 5.74) is 3.34. The second kappa shape index (κ2) is 3.59. The van der Waals surface area contributed by atoms with Crippen molar-refractivity contribution in [3.8, 4) is 9.75 Å². The summed E-state index contributed by atoms with van der Waals surface area (Å²) in [6, 6.07) is 4.90. The molecule has 96 valence electrons. The van der Waals surface area contributed by atoms with E-state index in [0.29, 0.717) is 0 Å². The summed E-state index contributed by atoms with van der Waals surface area (Å²) in [6.45, 7) is 14.3. The highest BCUT2D eigenvalue weighted by Gasteiger charge is 2.40. The summed E-state index contributed by atoms with van der Waals surface area (Å²) in [5, 5.41) is 0. The Kier molecular flexibility index (Phi) is 2.52. The van der Waals surface area contributed by atoms with Crippen LogP contribution in [0.3, 0.4) is 0 Å². The third-order valence-electron chi connectivity index (χ3n) is 3.88. The molecule has 3 rings (SSSR count). The van der Waals surface area contributed by atoms with Gasteiger partial charge in [-0.1, -0.05) is 33.5 Å². The van der Waals surface area contributed by atoms with Crippen molar-refractivity contribution in [2.24, 2.45) is 0 Å². The first-order valence-corrected chi connectivity index (χ1v) is 11.6. The van der Waals surface area contributed by atoms with Crippen LogP contribution < -0.4 is 4.50 Å². The van der Waals surface area contributed by atoms with Gasteiger partial charge in [0.05, 0.1) is 8.07 Å². The van der Waals surface area contributed by atoms with Crippen LogP contribution in [0.1, 0.15) is 29.9 Å². The van der Waals surface area contributed by atoms with Crippen molar-refractivity contribution in [3.63, 3.8) is 0 Å². The lowest BCUT2D eigenvalue weighted by Gasteiger charge is -2.20. The van der Waals surface area contributed by atoms with Crippen LogP contribution >= 0.6 is 22.7 Å². The highest BCUT2D eigenvalue weighted by Crippen LogP contribution is 2.54. The number of hydrogen-bond donors (Lipinski definition) is 0. The van der Waals surface area contributed by atoms with E-state index < -0.39 is 8.07 Å². The second-order valence-corrected chi connectivity index (χ2v) is 14.5. The van der Waals surface area contributed by atoms with Gasteiger partial charge in [-0.15, -0.1) is 22.7 Å². The number of hydrogen-bond acceptors (Lipinski definition) is 2. The normalized spacial score (nSPS) is 16.8. The van der Waals surface area contributed by atoms with E-state index in [1.807, 2.05) is 11.3 Å². The van der Waals surface area contributed by atoms with Crippen molar-refractivity contribution in [1.82, 2.24) is 0 Å². The van der Waals surface area contributed by atoms with Crippen molar-refractivity contribution in [2.45, 2.75) is 45.8 Å². The number of rotatable bonds is 1. The molecule has 0 unspecified atom stereocenters. The van der Waals surface area contributed by atoms with Crippen LogP contribution in [0.25, 0.3) is 9.75 Å². The Morgan fingerprint density at radius 1 is 0.944 bits per heavy atom. The second-order valence-electron chi connectivity index (χ2n) is 6.83. The van der Waals surface area contributed by atoms with Crippen molar-refractivity contribution >= 4 is 35.2 Å². The molecule has 1 aliphatic rings. The van der Waals surface area contributed by atoms with Crippen molar-refractivity contribution in [2.75, 3.05) is 0 Å². The van der Waals surface area contributed by atoms with E-state index >= 15 is 0 Å². The van der Waals surface area contributed by atoms with Crippen LogP contribution in [0.4, 0.5) is 0 Å². The Hall–Kier alpha value is -0.383. The third-order valence-corrected chi connectivity index (χ3v) is 9.81. The summed E-state index contributed by atoms with van der Waals surface area (Å²) < 4.78 is 1.65. The van der Waals surface area contributed by atoms with E-state index in [4.69, 9.17) is 0 Å². The third kappa shape index (κ3) is 1.60. The fraction of sp³-hybridized carbons (Fsp3) is 0.467. The minimum absolute atomic E-state index is 0.212. The van der Waals surface area contributed by atoms with Crippen LogP contribution in [0, 0.1) is 6.92 Å². The molecular formula is C15H20S2Si. The molecule has 0 radical (unpaired) electrons. The van der Waals surface area contributed by atoms with E-state index in [-0.39, 0.29) is 5.41 Å². The molecule has 0 nitrogen and oxygen atoms in total. The molecule has 0 bridgehead atoms. The van der Waals surface area contributed by atoms with E-state index in [1.165, 1.54) is 4.88 Å². The molecule has 2 aromatic heterocycles. The summed E-state index contributed by atoms with van der Waals surface area (Å²) in [7, 11) is -1.18. The zero-order valence-electron chi connectivity index (χ0n) is 12.0. The van der Waals surface area contributed by atoms with Gasteiger partial charge in [0, 0.05) is 20.0 Å². The summed E-state index contributed by atoms with van der Waals surface area (Å²) in [4.78, 5) is 4.55. The van der Waals surface area contributed by atoms with Crippen molar-refractivity contribution in [1.29, 1.82) is 0 Å². The molecule has 0 aliphatic heterocycles. The molecule has 0 amide bonds. The lowest BCUT2D eigenvalue weighted by molar-refractivity contribution is 0.663. The zero-order chi connectivity index (χ0) is 13.3. The maximum Gasteiger partial charge on any atom is 0.0904 e. The van der Waals surface area contributed by atoms with Gasteiger partial charge in [0.1, 0.15) is 0 Å². The van der Waals surface area contributed by atoms with E-state index in [1.54, 1.807) is 25.4 Å². The van der Waals surface area contributed by atoms with Crippen LogP contribution in [-0.2, 0) is 5.41 Å². The molecule has 18 heavy (non-hydrogen) atoms. The van der Waals surface area contributed by atoms with E-state index in [2.05, 4.69) is 63.9 Å². The Morgan fingerprint density at radius 3 is 2.11 bits per heavy atom. The molecule has 3 heteroatoms. The van der Waals surface area contributed by atoms with Gasteiger partial charge in [-0.05, 0) is 34.7 Å². The maximum atomic E-state index is 2.51. The molecule has 0 saturated heterocycles. The lowest BCUT2D eigenvalue weighted by Crippen LogP contribution is -2.35. The van der Waals surface area contributed by atoms with E-state index in [0.717, 1.165) is 0 Å². The monoisotopic (exact) mass is 292 g/mol. The number of aryl methyl sites for hydroxylation is 1. The molecule has 2 heterocycles. The average Bonchev–Trinajstić information content (AvgIpc) is 2.82. The molecular weight excluding hydrogens is 272 g/mol. The highest BCUT2D eigenvalue weighted by molar-refractivity contribution is 7.31. The van der Waals surface area contributed by atoms with Crippen LogP contribution in [0.15, 0.2) is 12.1 Å². The van der Waals surface area contributed by atoms with Gasteiger partial charge in [-0.25, -0.2) is 0 Å². The van der Waals surface area contributed by atoms with Gasteiger partial charge in [0.15, 0.2) is 0 Å². The summed E-state index contributed by atoms with van der Waals surface area (Å²) in [5.74, 6) is 0. The number of thiophene rings is 2. The topological polar surface area (TPSA) is 0 Å². The molecule has 0 saturated carbocycles. The molecule has 0 aromatic carbocycles. The van der Waals surface area contributed by atoms with Gasteiger partial charge in [-0.3, -0.25) is 0 Å². The largest absolute Gasteiger partial charge is 0.144 e. The SMILES string of the molecule is Cc1cc2c(s1)-c1sc([Si](C)(C)C)cc1C2(C)C. The van der Waals surface area contributed by atoms with Gasteiger partial charge in [0.25, 0.3) is 0 Å². The fourth-order valence-electron chi connectivity index (χ4n) is 2.69. The lowest BCUT2D eigenvalue weighted by atomic mass is 9.84. The van der Waals surface area contributed by atoms with Gasteiger partial charge in [-0.2, -0.15) is 0 Å². The Balaban J connectivity index is 2.26. The van der Waals surface area contributed by atoms with E-state index in [9.17, 15) is 0 Å². The average molecular weight is 293 g/mol. The molecule has 0 atom stereocenters. The van der Waals surface area contributed by atoms with Gasteiger partial charge >= 0.3 is 0 Å².